The molecule has 4 heteroatoms. The van der Waals surface area contributed by atoms with Gasteiger partial charge >= 0.3 is 41.9 Å². The number of fused-ring (bicyclic) bond motifs is 2. The molecule has 6 rings (SSSR count). The molecule has 0 amide bonds. The smallest absolute Gasteiger partial charge is 0.0279 e. The van der Waals surface area contributed by atoms with Gasteiger partial charge in [-0.3, -0.25) is 0 Å². The van der Waals surface area contributed by atoms with E-state index in [2.05, 4.69) is 148 Å². The molecule has 0 nitrogen and oxygen atoms in total. The van der Waals surface area contributed by atoms with Gasteiger partial charge in [0.15, 0.2) is 0 Å². The summed E-state index contributed by atoms with van der Waals surface area (Å²) in [5.41, 5.74) is 12.6. The van der Waals surface area contributed by atoms with Crippen molar-refractivity contribution in [1.29, 1.82) is 0 Å². The van der Waals surface area contributed by atoms with Gasteiger partial charge in [0, 0.05) is 0 Å². The summed E-state index contributed by atoms with van der Waals surface area (Å²) >= 11 is 1.74. The molecule has 4 aliphatic rings. The molecular formula is C36H34Cl2SiZr. The zero-order valence-electron chi connectivity index (χ0n) is 23.4. The first-order valence-electron chi connectivity index (χ1n) is 12.9. The molecule has 40 heavy (non-hydrogen) atoms. The first-order chi connectivity index (χ1) is 18.4. The Balaban J connectivity index is 0.000000237. The van der Waals surface area contributed by atoms with Gasteiger partial charge < -0.3 is 0 Å². The summed E-state index contributed by atoms with van der Waals surface area (Å²) in [6, 6.07) is 49.1. The van der Waals surface area contributed by atoms with Crippen molar-refractivity contribution < 1.29 is 23.3 Å². The minimum absolute atomic E-state index is 0. The van der Waals surface area contributed by atoms with E-state index >= 15 is 0 Å². The molecule has 0 radical (unpaired) electrons. The molecular weight excluding hydrogens is 623 g/mol. The second-order valence-electron chi connectivity index (χ2n) is 9.56. The maximum absolute atomic E-state index is 3.39. The summed E-state index contributed by atoms with van der Waals surface area (Å²) in [7, 11) is 0. The van der Waals surface area contributed by atoms with Gasteiger partial charge in [0.1, 0.15) is 0 Å². The van der Waals surface area contributed by atoms with E-state index in [1.165, 1.54) is 55.6 Å². The summed E-state index contributed by atoms with van der Waals surface area (Å²) in [5.74, 6) is 0. The van der Waals surface area contributed by atoms with E-state index in [9.17, 15) is 0 Å². The molecule has 0 heterocycles. The number of rotatable bonds is 2. The average molecular weight is 657 g/mol. The summed E-state index contributed by atoms with van der Waals surface area (Å²) < 4.78 is 0. The third kappa shape index (κ3) is 9.28. The molecule has 200 valence electrons. The Bertz CT molecular complexity index is 1450. The zero-order chi connectivity index (χ0) is 26.9. The Morgan fingerprint density at radius 2 is 0.775 bits per heavy atom. The topological polar surface area (TPSA) is 0 Å². The van der Waals surface area contributed by atoms with Crippen molar-refractivity contribution in [1.82, 2.24) is 0 Å². The van der Waals surface area contributed by atoms with Crippen molar-refractivity contribution in [2.75, 3.05) is 0 Å². The van der Waals surface area contributed by atoms with Crippen molar-refractivity contribution in [3.05, 3.63) is 145 Å². The number of hydrogen-bond donors (Lipinski definition) is 0. The number of hydrogen-bond acceptors (Lipinski definition) is 0. The van der Waals surface area contributed by atoms with Crippen LogP contribution in [0.2, 0.25) is 13.1 Å². The molecule has 0 saturated carbocycles. The van der Waals surface area contributed by atoms with Gasteiger partial charge in [-0.2, -0.15) is 23.3 Å². The second kappa shape index (κ2) is 16.7. The third-order valence-corrected chi connectivity index (χ3v) is 5.99. The molecule has 0 N–H and O–H groups in total. The Kier molecular flexibility index (Phi) is 14.1. The predicted molar refractivity (Wildman–Crippen MR) is 176 cm³/mol. The summed E-state index contributed by atoms with van der Waals surface area (Å²) in [5, 5.41) is 0. The summed E-state index contributed by atoms with van der Waals surface area (Å²) in [6.45, 7) is 8.80. The largest absolute Gasteiger partial charge is 0.165 e. The van der Waals surface area contributed by atoms with Crippen LogP contribution in [0.25, 0.3) is 44.5 Å². The fourth-order valence-electron chi connectivity index (χ4n) is 4.45. The first kappa shape index (κ1) is 33.7. The number of halogens is 2. The first-order valence-corrected chi connectivity index (χ1v) is 19.1. The fraction of sp³-hybridized carbons (Fsp3) is 0.111. The van der Waals surface area contributed by atoms with Crippen molar-refractivity contribution in [3.63, 3.8) is 0 Å². The molecule has 0 aliphatic heterocycles. The summed E-state index contributed by atoms with van der Waals surface area (Å²) in [6.07, 6.45) is 0. The van der Waals surface area contributed by atoms with Crippen LogP contribution < -0.4 is 0 Å². The van der Waals surface area contributed by atoms with Crippen LogP contribution in [0.15, 0.2) is 121 Å². The molecule has 0 fully saturated rings. The van der Waals surface area contributed by atoms with Crippen LogP contribution in [-0.4, -0.2) is 5.43 Å². The van der Waals surface area contributed by atoms with Crippen LogP contribution in [-0.2, 0) is 23.3 Å². The van der Waals surface area contributed by atoms with E-state index in [-0.39, 0.29) is 30.2 Å². The van der Waals surface area contributed by atoms with Gasteiger partial charge in [0.25, 0.3) is 0 Å². The van der Waals surface area contributed by atoms with Crippen molar-refractivity contribution in [3.8, 4) is 44.5 Å². The van der Waals surface area contributed by atoms with E-state index < -0.39 is 0 Å². The van der Waals surface area contributed by atoms with Gasteiger partial charge in [0.05, 0.1) is 0 Å². The monoisotopic (exact) mass is 654 g/mol. The Hall–Kier alpha value is -2.48. The van der Waals surface area contributed by atoms with Gasteiger partial charge in [0.2, 0.25) is 0 Å². The maximum Gasteiger partial charge on any atom is -0.0279 e. The third-order valence-electron chi connectivity index (χ3n) is 5.99. The maximum atomic E-state index is 3.39. The normalized spacial score (nSPS) is 9.75. The molecule has 0 unspecified atom stereocenters. The van der Waals surface area contributed by atoms with Crippen LogP contribution >= 0.6 is 24.8 Å². The quantitative estimate of drug-likeness (QED) is 0.129. The minimum atomic E-state index is 0. The fourth-order valence-corrected chi connectivity index (χ4v) is 4.45. The van der Waals surface area contributed by atoms with E-state index in [1.807, 2.05) is 12.1 Å². The molecule has 0 spiro atoms. The van der Waals surface area contributed by atoms with Crippen molar-refractivity contribution in [2.45, 2.75) is 26.9 Å². The van der Waals surface area contributed by atoms with Crippen LogP contribution in [0.1, 0.15) is 11.1 Å². The van der Waals surface area contributed by atoms with Crippen molar-refractivity contribution >= 4 is 30.2 Å². The average Bonchev–Trinajstić information content (AvgIpc) is 3.31. The van der Waals surface area contributed by atoms with Gasteiger partial charge in [-0.15, -0.1) is 83.5 Å². The zero-order valence-corrected chi connectivity index (χ0v) is 28.5. The Morgan fingerprint density at radius 1 is 0.475 bits per heavy atom. The van der Waals surface area contributed by atoms with E-state index in [0.29, 0.717) is 0 Å². The van der Waals surface area contributed by atoms with Gasteiger partial charge in [-0.25, -0.2) is 0 Å². The van der Waals surface area contributed by atoms with Crippen LogP contribution in [0.4, 0.5) is 0 Å². The standard InChI is InChI=1S/2C17H13.C2H6Si.2ClH.Zr/c2*1-13-11-15-9-5-6-10-16(17(15)12-13)14-7-3-2-4-8-14;1-3-2;;;/h2*2-10,12H,1H3;1-2H3;2*1H;/q2*-1;;;;+2. The predicted octanol–water partition coefficient (Wildman–Crippen LogP) is 10.8. The molecule has 0 atom stereocenters. The van der Waals surface area contributed by atoms with Crippen LogP contribution in [0.5, 0.6) is 0 Å². The molecule has 0 aromatic heterocycles. The van der Waals surface area contributed by atoms with Crippen molar-refractivity contribution in [2.24, 2.45) is 0 Å². The Morgan fingerprint density at radius 3 is 1.12 bits per heavy atom. The van der Waals surface area contributed by atoms with E-state index in [0.717, 1.165) is 0 Å². The second-order valence-corrected chi connectivity index (χ2v) is 18.9. The van der Waals surface area contributed by atoms with Gasteiger partial charge in [-0.1, -0.05) is 110 Å². The molecule has 0 saturated heterocycles. The molecule has 2 aromatic rings. The molecule has 2 aromatic carbocycles. The Labute approximate surface area is 267 Å². The van der Waals surface area contributed by atoms with Crippen LogP contribution in [0, 0.1) is 26.0 Å². The number of aryl methyl sites for hydroxylation is 2. The number of benzene rings is 2. The summed E-state index contributed by atoms with van der Waals surface area (Å²) in [4.78, 5) is 0. The van der Waals surface area contributed by atoms with Crippen LogP contribution in [0.3, 0.4) is 0 Å². The van der Waals surface area contributed by atoms with E-state index in [4.69, 9.17) is 0 Å². The van der Waals surface area contributed by atoms with E-state index in [1.54, 1.807) is 23.3 Å². The van der Waals surface area contributed by atoms with Gasteiger partial charge in [-0.05, 0) is 11.1 Å². The molecule has 0 bridgehead atoms. The SMILES string of the molecule is C[Si](C)=[Zr+2].Cc1[c-]c2ccccc(-c3ccccc3)c-2c1.Cc1[c-]c2ccccc(-c3ccccc3)c-2c1.Cl.Cl. The molecule has 4 aliphatic carbocycles. The minimum Gasteiger partial charge on any atom is -0.165 e.